The second-order valence-corrected chi connectivity index (χ2v) is 3.25. The summed E-state index contributed by atoms with van der Waals surface area (Å²) < 4.78 is 0. The van der Waals surface area contributed by atoms with Gasteiger partial charge in [0, 0.05) is 32.2 Å². The van der Waals surface area contributed by atoms with Gasteiger partial charge in [-0.2, -0.15) is 0 Å². The second kappa shape index (κ2) is 5.81. The number of aromatic nitrogens is 1. The van der Waals surface area contributed by atoms with Crippen molar-refractivity contribution >= 4 is 5.57 Å². The molecule has 0 saturated carbocycles. The highest BCUT2D eigenvalue weighted by Crippen LogP contribution is 2.14. The van der Waals surface area contributed by atoms with Crippen molar-refractivity contribution in [2.45, 2.75) is 0 Å². The lowest BCUT2D eigenvalue weighted by molar-refractivity contribution is 0.512. The molecule has 0 aliphatic heterocycles. The molecule has 2 nitrogen and oxygen atoms in total. The van der Waals surface area contributed by atoms with E-state index in [1.807, 2.05) is 37.5 Å². The molecule has 0 saturated heterocycles. The van der Waals surface area contributed by atoms with Crippen molar-refractivity contribution in [1.82, 2.24) is 9.88 Å². The third kappa shape index (κ3) is 3.43. The lowest BCUT2D eigenvalue weighted by Crippen LogP contribution is -2.10. The van der Waals surface area contributed by atoms with Crippen LogP contribution in [0.4, 0.5) is 0 Å². The number of hydrogen-bond donors (Lipinski definition) is 0. The van der Waals surface area contributed by atoms with E-state index in [1.165, 1.54) is 0 Å². The van der Waals surface area contributed by atoms with Gasteiger partial charge in [-0.05, 0) is 23.3 Å². The summed E-state index contributed by atoms with van der Waals surface area (Å²) in [5.74, 6) is 0. The minimum atomic E-state index is 0.822. The van der Waals surface area contributed by atoms with Crippen LogP contribution in [0.3, 0.4) is 0 Å². The molecule has 0 aromatic carbocycles. The van der Waals surface area contributed by atoms with Gasteiger partial charge in [-0.1, -0.05) is 18.7 Å². The van der Waals surface area contributed by atoms with Crippen LogP contribution in [0, 0.1) is 0 Å². The van der Waals surface area contributed by atoms with Crippen molar-refractivity contribution in [2.24, 2.45) is 0 Å². The van der Waals surface area contributed by atoms with E-state index < -0.39 is 0 Å². The highest BCUT2D eigenvalue weighted by Gasteiger charge is 1.97. The van der Waals surface area contributed by atoms with Crippen LogP contribution in [0.1, 0.15) is 5.56 Å². The second-order valence-electron chi connectivity index (χ2n) is 3.25. The lowest BCUT2D eigenvalue weighted by Gasteiger charge is -2.13. The summed E-state index contributed by atoms with van der Waals surface area (Å²) in [7, 11) is 2.01. The number of pyridine rings is 1. The Balaban J connectivity index is 2.89. The van der Waals surface area contributed by atoms with Gasteiger partial charge >= 0.3 is 0 Å². The molecular formula is C13H16N2. The highest BCUT2D eigenvalue weighted by molar-refractivity contribution is 5.72. The molecule has 0 aliphatic rings. The Bertz CT molecular complexity index is 352. The van der Waals surface area contributed by atoms with Crippen LogP contribution >= 0.6 is 0 Å². The molecule has 2 heteroatoms. The molecule has 0 unspecified atom stereocenters. The predicted octanol–water partition coefficient (Wildman–Crippen LogP) is 2.73. The molecule has 0 bridgehead atoms. The summed E-state index contributed by atoms with van der Waals surface area (Å²) in [5, 5.41) is 0. The first-order valence-electron chi connectivity index (χ1n) is 4.83. The summed E-state index contributed by atoms with van der Waals surface area (Å²) >= 11 is 0. The van der Waals surface area contributed by atoms with E-state index in [2.05, 4.69) is 23.0 Å². The molecule has 1 rings (SSSR count). The van der Waals surface area contributed by atoms with Gasteiger partial charge in [-0.25, -0.2) is 0 Å². The van der Waals surface area contributed by atoms with Gasteiger partial charge in [0.05, 0.1) is 0 Å². The predicted molar refractivity (Wildman–Crippen MR) is 65.2 cm³/mol. The van der Waals surface area contributed by atoms with Crippen LogP contribution in [0.25, 0.3) is 5.57 Å². The maximum absolute atomic E-state index is 3.99. The van der Waals surface area contributed by atoms with Crippen LogP contribution in [0.5, 0.6) is 0 Å². The summed E-state index contributed by atoms with van der Waals surface area (Å²) in [5.41, 5.74) is 2.21. The van der Waals surface area contributed by atoms with Crippen LogP contribution in [0.2, 0.25) is 0 Å². The number of likely N-dealkylation sites (N-methyl/N-ethyl adjacent to an activating group) is 1. The minimum Gasteiger partial charge on any atom is -0.376 e. The molecule has 0 amide bonds. The van der Waals surface area contributed by atoms with Crippen molar-refractivity contribution in [3.8, 4) is 0 Å². The van der Waals surface area contributed by atoms with Gasteiger partial charge in [-0.3, -0.25) is 4.98 Å². The van der Waals surface area contributed by atoms with Crippen molar-refractivity contribution in [3.05, 3.63) is 61.6 Å². The van der Waals surface area contributed by atoms with Crippen LogP contribution < -0.4 is 0 Å². The fourth-order valence-electron chi connectivity index (χ4n) is 1.28. The summed E-state index contributed by atoms with van der Waals surface area (Å²) in [4.78, 5) is 6.05. The maximum Gasteiger partial charge on any atom is 0.0348 e. The Labute approximate surface area is 91.3 Å². The normalized spacial score (nSPS) is 10.9. The topological polar surface area (TPSA) is 16.1 Å². The average Bonchev–Trinajstić information content (AvgIpc) is 2.27. The molecule has 0 aliphatic carbocycles. The molecule has 1 heterocycles. The van der Waals surface area contributed by atoms with Crippen LogP contribution in [0.15, 0.2) is 56.0 Å². The van der Waals surface area contributed by atoms with Crippen molar-refractivity contribution in [1.29, 1.82) is 0 Å². The summed E-state index contributed by atoms with van der Waals surface area (Å²) in [6.07, 6.45) is 9.31. The fraction of sp³-hybridized carbons (Fsp3) is 0.154. The molecule has 0 spiro atoms. The number of rotatable bonds is 5. The van der Waals surface area contributed by atoms with E-state index in [0.29, 0.717) is 0 Å². The monoisotopic (exact) mass is 200 g/mol. The third-order valence-electron chi connectivity index (χ3n) is 2.01. The smallest absolute Gasteiger partial charge is 0.0348 e. The van der Waals surface area contributed by atoms with E-state index in [1.54, 1.807) is 12.4 Å². The first kappa shape index (κ1) is 11.2. The summed E-state index contributed by atoms with van der Waals surface area (Å²) in [6.45, 7) is 8.33. The van der Waals surface area contributed by atoms with Gasteiger partial charge in [0.15, 0.2) is 0 Å². The zero-order valence-electron chi connectivity index (χ0n) is 9.06. The fourth-order valence-corrected chi connectivity index (χ4v) is 1.28. The standard InChI is InChI=1S/C13H16N2/c1-4-10-15(3)11-12(5-2)13-6-8-14-9-7-13/h4-9,11H,1-2,10H2,3H3/b12-11+. The van der Waals surface area contributed by atoms with Crippen LogP contribution in [-0.4, -0.2) is 23.5 Å². The van der Waals surface area contributed by atoms with Gasteiger partial charge in [0.2, 0.25) is 0 Å². The quantitative estimate of drug-likeness (QED) is 0.536. The zero-order chi connectivity index (χ0) is 11.1. The molecule has 0 atom stereocenters. The van der Waals surface area contributed by atoms with Gasteiger partial charge < -0.3 is 4.90 Å². The molecular weight excluding hydrogens is 184 g/mol. The van der Waals surface area contributed by atoms with Gasteiger partial charge in [-0.15, -0.1) is 6.58 Å². The van der Waals surface area contributed by atoms with Crippen LogP contribution in [-0.2, 0) is 0 Å². The van der Waals surface area contributed by atoms with Gasteiger partial charge in [0.25, 0.3) is 0 Å². The van der Waals surface area contributed by atoms with Crippen molar-refractivity contribution in [3.63, 3.8) is 0 Å². The van der Waals surface area contributed by atoms with E-state index >= 15 is 0 Å². The average molecular weight is 200 g/mol. The molecule has 0 N–H and O–H groups in total. The molecule has 15 heavy (non-hydrogen) atoms. The van der Waals surface area contributed by atoms with Crippen molar-refractivity contribution in [2.75, 3.05) is 13.6 Å². The number of nitrogens with zero attached hydrogens (tertiary/aromatic N) is 2. The van der Waals surface area contributed by atoms with E-state index in [-0.39, 0.29) is 0 Å². The Morgan fingerprint density at radius 2 is 2.07 bits per heavy atom. The van der Waals surface area contributed by atoms with E-state index in [4.69, 9.17) is 0 Å². The van der Waals surface area contributed by atoms with E-state index in [9.17, 15) is 0 Å². The van der Waals surface area contributed by atoms with E-state index in [0.717, 1.165) is 17.7 Å². The molecule has 0 fully saturated rings. The third-order valence-corrected chi connectivity index (χ3v) is 2.01. The zero-order valence-corrected chi connectivity index (χ0v) is 9.06. The first-order chi connectivity index (χ1) is 7.27. The maximum atomic E-state index is 3.99. The number of hydrogen-bond acceptors (Lipinski definition) is 2. The molecule has 78 valence electrons. The molecule has 1 aromatic heterocycles. The molecule has 0 radical (unpaired) electrons. The Kier molecular flexibility index (Phi) is 4.35. The largest absolute Gasteiger partial charge is 0.376 e. The number of allylic oxidation sites excluding steroid dienone is 2. The Hall–Kier alpha value is -1.83. The molecule has 1 aromatic rings. The first-order valence-corrected chi connectivity index (χ1v) is 4.83. The Morgan fingerprint density at radius 3 is 2.60 bits per heavy atom. The minimum absolute atomic E-state index is 0.822. The lowest BCUT2D eigenvalue weighted by atomic mass is 10.1. The Morgan fingerprint density at radius 1 is 1.40 bits per heavy atom. The SMILES string of the molecule is C=CCN(C)/C=C(\C=C)c1ccncc1. The van der Waals surface area contributed by atoms with Crippen molar-refractivity contribution < 1.29 is 0 Å². The summed E-state index contributed by atoms with van der Waals surface area (Å²) in [6, 6.07) is 3.94. The van der Waals surface area contributed by atoms with Gasteiger partial charge in [0.1, 0.15) is 0 Å². The highest BCUT2D eigenvalue weighted by atomic mass is 15.1.